The van der Waals surface area contributed by atoms with E-state index in [1.807, 2.05) is 12.1 Å². The first-order valence-electron chi connectivity index (χ1n) is 10.4. The number of rotatable bonds is 8. The van der Waals surface area contributed by atoms with Gasteiger partial charge < -0.3 is 0 Å². The van der Waals surface area contributed by atoms with E-state index in [2.05, 4.69) is 92.3 Å². The van der Waals surface area contributed by atoms with Crippen LogP contribution in [0.3, 0.4) is 0 Å². The van der Waals surface area contributed by atoms with Crippen molar-refractivity contribution in [3.05, 3.63) is 70.7 Å². The van der Waals surface area contributed by atoms with Crippen molar-refractivity contribution in [1.82, 2.24) is 4.90 Å². The molecular weight excluding hydrogens is 378 g/mol. The van der Waals surface area contributed by atoms with E-state index in [0.29, 0.717) is 5.92 Å². The first kappa shape index (κ1) is 22.8. The lowest BCUT2D eigenvalue weighted by atomic mass is 9.92. The van der Waals surface area contributed by atoms with E-state index in [1.165, 1.54) is 11.1 Å². The Labute approximate surface area is 178 Å². The van der Waals surface area contributed by atoms with Crippen LogP contribution >= 0.6 is 11.6 Å². The van der Waals surface area contributed by atoms with Gasteiger partial charge in [0.05, 0.1) is 6.04 Å². The molecular formula is C25H34ClNSi. The molecule has 0 aliphatic carbocycles. The lowest BCUT2D eigenvalue weighted by molar-refractivity contribution is 0.160. The fraction of sp³-hybridized carbons (Fsp3) is 0.440. The van der Waals surface area contributed by atoms with Crippen LogP contribution in [0.15, 0.2) is 54.6 Å². The molecule has 0 saturated heterocycles. The first-order chi connectivity index (χ1) is 13.3. The van der Waals surface area contributed by atoms with Gasteiger partial charge in [0.2, 0.25) is 0 Å². The van der Waals surface area contributed by atoms with Gasteiger partial charge in [0.1, 0.15) is 8.07 Å². The second-order valence-corrected chi connectivity index (χ2v) is 13.7. The summed E-state index contributed by atoms with van der Waals surface area (Å²) in [6, 6.07) is 19.1. The molecule has 0 bridgehead atoms. The molecule has 1 atom stereocenters. The van der Waals surface area contributed by atoms with Gasteiger partial charge in [-0.3, -0.25) is 4.90 Å². The van der Waals surface area contributed by atoms with Gasteiger partial charge in [0, 0.05) is 18.1 Å². The summed E-state index contributed by atoms with van der Waals surface area (Å²) < 4.78 is 0. The summed E-state index contributed by atoms with van der Waals surface area (Å²) in [5.74, 6) is 4.27. The predicted octanol–water partition coefficient (Wildman–Crippen LogP) is 7.03. The van der Waals surface area contributed by atoms with Crippen molar-refractivity contribution in [1.29, 1.82) is 0 Å². The maximum Gasteiger partial charge on any atom is 0.129 e. The Hall–Kier alpha value is -1.53. The van der Waals surface area contributed by atoms with Crippen LogP contribution in [0.2, 0.25) is 24.7 Å². The number of halogens is 1. The van der Waals surface area contributed by atoms with Crippen LogP contribution in [0, 0.1) is 17.4 Å². The maximum atomic E-state index is 6.52. The smallest absolute Gasteiger partial charge is 0.129 e. The Kier molecular flexibility index (Phi) is 8.83. The normalized spacial score (nSPS) is 12.7. The van der Waals surface area contributed by atoms with Gasteiger partial charge in [-0.25, -0.2) is 0 Å². The highest BCUT2D eigenvalue weighted by Gasteiger charge is 2.25. The molecule has 0 fully saturated rings. The van der Waals surface area contributed by atoms with Gasteiger partial charge >= 0.3 is 0 Å². The number of nitrogens with zero attached hydrogens (tertiary/aromatic N) is 1. The second-order valence-electron chi connectivity index (χ2n) is 8.52. The van der Waals surface area contributed by atoms with Crippen LogP contribution in [0.1, 0.15) is 37.8 Å². The van der Waals surface area contributed by atoms with Gasteiger partial charge in [-0.1, -0.05) is 112 Å². The summed E-state index contributed by atoms with van der Waals surface area (Å²) in [5.41, 5.74) is 6.14. The highest BCUT2D eigenvalue weighted by atomic mass is 35.5. The third kappa shape index (κ3) is 7.13. The Balaban J connectivity index is 2.43. The molecule has 2 aromatic carbocycles. The van der Waals surface area contributed by atoms with Crippen LogP contribution in [-0.2, 0) is 13.1 Å². The molecule has 0 amide bonds. The van der Waals surface area contributed by atoms with Crippen molar-refractivity contribution in [3.8, 4) is 11.5 Å². The molecule has 2 rings (SSSR count). The van der Waals surface area contributed by atoms with Crippen molar-refractivity contribution < 1.29 is 0 Å². The molecule has 0 aromatic heterocycles. The quantitative estimate of drug-likeness (QED) is 0.333. The molecule has 0 saturated carbocycles. The zero-order chi connectivity index (χ0) is 20.6. The van der Waals surface area contributed by atoms with Gasteiger partial charge in [0.25, 0.3) is 0 Å². The van der Waals surface area contributed by atoms with E-state index in [4.69, 9.17) is 11.6 Å². The number of benzene rings is 2. The molecule has 150 valence electrons. The van der Waals surface area contributed by atoms with Crippen molar-refractivity contribution in [2.45, 2.75) is 65.5 Å². The Morgan fingerprint density at radius 2 is 1.50 bits per heavy atom. The van der Waals surface area contributed by atoms with E-state index in [-0.39, 0.29) is 6.04 Å². The highest BCUT2D eigenvalue weighted by Crippen LogP contribution is 2.25. The Morgan fingerprint density at radius 3 is 2.07 bits per heavy atom. The van der Waals surface area contributed by atoms with Gasteiger partial charge in [-0.05, 0) is 23.1 Å². The molecule has 0 radical (unpaired) electrons. The van der Waals surface area contributed by atoms with Crippen molar-refractivity contribution in [2.75, 3.05) is 0 Å². The molecule has 0 spiro atoms. The summed E-state index contributed by atoms with van der Waals surface area (Å²) in [5, 5.41) is 0.835. The topological polar surface area (TPSA) is 3.24 Å². The SMILES string of the molecule is CCC(CC)[C@@H](C#C[Si](C)(C)C)N(Cc1ccccc1)Cc1ccccc1Cl. The van der Waals surface area contributed by atoms with E-state index < -0.39 is 8.07 Å². The van der Waals surface area contributed by atoms with Gasteiger partial charge in [-0.2, -0.15) is 0 Å². The summed E-state index contributed by atoms with van der Waals surface area (Å²) >= 11 is 6.52. The lowest BCUT2D eigenvalue weighted by Gasteiger charge is -2.34. The molecule has 0 N–H and O–H groups in total. The molecule has 0 heterocycles. The molecule has 3 heteroatoms. The average molecular weight is 412 g/mol. The monoisotopic (exact) mass is 411 g/mol. The lowest BCUT2D eigenvalue weighted by Crippen LogP contribution is -2.39. The van der Waals surface area contributed by atoms with Crippen LogP contribution in [0.5, 0.6) is 0 Å². The summed E-state index contributed by atoms with van der Waals surface area (Å²) in [4.78, 5) is 2.53. The van der Waals surface area contributed by atoms with Crippen molar-refractivity contribution >= 4 is 19.7 Å². The van der Waals surface area contributed by atoms with Crippen LogP contribution in [0.25, 0.3) is 0 Å². The summed E-state index contributed by atoms with van der Waals surface area (Å²) in [7, 11) is -1.45. The van der Waals surface area contributed by atoms with Gasteiger partial charge in [-0.15, -0.1) is 5.54 Å². The minimum Gasteiger partial charge on any atom is -0.281 e. The van der Waals surface area contributed by atoms with E-state index in [0.717, 1.165) is 31.0 Å². The van der Waals surface area contributed by atoms with Crippen LogP contribution < -0.4 is 0 Å². The molecule has 0 unspecified atom stereocenters. The minimum atomic E-state index is -1.45. The van der Waals surface area contributed by atoms with Gasteiger partial charge in [0.15, 0.2) is 0 Å². The molecule has 1 nitrogen and oxygen atoms in total. The summed E-state index contributed by atoms with van der Waals surface area (Å²) in [6.07, 6.45) is 2.27. The first-order valence-corrected chi connectivity index (χ1v) is 14.3. The Morgan fingerprint density at radius 1 is 0.893 bits per heavy atom. The van der Waals surface area contributed by atoms with E-state index >= 15 is 0 Å². The predicted molar refractivity (Wildman–Crippen MR) is 126 cm³/mol. The van der Waals surface area contributed by atoms with Crippen molar-refractivity contribution in [3.63, 3.8) is 0 Å². The second kappa shape index (κ2) is 10.9. The van der Waals surface area contributed by atoms with Crippen molar-refractivity contribution in [2.24, 2.45) is 5.92 Å². The fourth-order valence-electron chi connectivity index (χ4n) is 3.45. The summed E-state index contributed by atoms with van der Waals surface area (Å²) in [6.45, 7) is 13.2. The molecule has 0 aliphatic heterocycles. The average Bonchev–Trinajstić information content (AvgIpc) is 2.66. The minimum absolute atomic E-state index is 0.234. The highest BCUT2D eigenvalue weighted by molar-refractivity contribution is 6.83. The molecule has 28 heavy (non-hydrogen) atoms. The standard InChI is InChI=1S/C25H34ClNSi/c1-6-22(7-2)25(17-18-28(3,4)5)27(19-21-13-9-8-10-14-21)20-23-15-11-12-16-24(23)26/h8-16,22,25H,6-7,19-20H2,1-5H3/t25-/m1/s1. The zero-order valence-corrected chi connectivity index (χ0v) is 19.8. The third-order valence-electron chi connectivity index (χ3n) is 5.04. The molecule has 2 aromatic rings. The third-order valence-corrected chi connectivity index (χ3v) is 6.31. The number of hydrogen-bond acceptors (Lipinski definition) is 1. The zero-order valence-electron chi connectivity index (χ0n) is 18.0. The van der Waals surface area contributed by atoms with E-state index in [1.54, 1.807) is 0 Å². The maximum absolute atomic E-state index is 6.52. The fourth-order valence-corrected chi connectivity index (χ4v) is 4.23. The molecule has 0 aliphatic rings. The van der Waals surface area contributed by atoms with E-state index in [9.17, 15) is 0 Å². The largest absolute Gasteiger partial charge is 0.281 e. The number of hydrogen-bond donors (Lipinski definition) is 0. The van der Waals surface area contributed by atoms with Crippen LogP contribution in [-0.4, -0.2) is 19.0 Å². The Bertz CT molecular complexity index is 781. The van der Waals surface area contributed by atoms with Crippen LogP contribution in [0.4, 0.5) is 0 Å².